The molecule has 1 heterocycles. The summed E-state index contributed by atoms with van der Waals surface area (Å²) in [5.74, 6) is 0.887. The lowest BCUT2D eigenvalue weighted by Crippen LogP contribution is -2.45. The quantitative estimate of drug-likeness (QED) is 0.455. The van der Waals surface area contributed by atoms with E-state index in [0.717, 1.165) is 41.1 Å². The molecule has 1 aliphatic rings. The Kier molecular flexibility index (Phi) is 8.93. The predicted octanol–water partition coefficient (Wildman–Crippen LogP) is 5.17. The van der Waals surface area contributed by atoms with E-state index in [-0.39, 0.29) is 18.1 Å². The van der Waals surface area contributed by atoms with Gasteiger partial charge in [-0.3, -0.25) is 9.69 Å². The molecule has 1 atom stereocenters. The number of aliphatic hydroxyl groups is 1. The fourth-order valence-electron chi connectivity index (χ4n) is 4.73. The summed E-state index contributed by atoms with van der Waals surface area (Å²) in [5.41, 5.74) is 4.42. The number of likely N-dealkylation sites (tertiary alicyclic amines) is 1. The first kappa shape index (κ1) is 25.7. The first-order valence-electron chi connectivity index (χ1n) is 12.7. The Morgan fingerprint density at radius 1 is 0.972 bits per heavy atom. The Labute approximate surface area is 214 Å². The molecule has 0 aromatic heterocycles. The standard InChI is InChI=1S/C31H36N2O3/c1-24(25-13-15-29(36-2)16-14-25)33(31(35)23-32-20-17-28(34)18-21-32)22-19-30(26-9-5-3-6-10-26)27-11-7-4-8-12-27/h3-16,19,24,28,34H,17-18,20-23H2,1-2H3/t24-/m1/s1. The van der Waals surface area contributed by atoms with Gasteiger partial charge in [0.1, 0.15) is 5.75 Å². The molecule has 0 bridgehead atoms. The number of rotatable bonds is 9. The average molecular weight is 485 g/mol. The summed E-state index contributed by atoms with van der Waals surface area (Å²) >= 11 is 0. The van der Waals surface area contributed by atoms with Gasteiger partial charge >= 0.3 is 0 Å². The number of ether oxygens (including phenoxy) is 1. The van der Waals surface area contributed by atoms with E-state index in [1.807, 2.05) is 65.6 Å². The molecule has 1 saturated heterocycles. The molecule has 3 aromatic rings. The van der Waals surface area contributed by atoms with Crippen molar-refractivity contribution in [3.63, 3.8) is 0 Å². The van der Waals surface area contributed by atoms with Gasteiger partial charge in [-0.2, -0.15) is 0 Å². The van der Waals surface area contributed by atoms with Gasteiger partial charge in [0.05, 0.1) is 25.8 Å². The Bertz CT molecular complexity index is 1080. The van der Waals surface area contributed by atoms with Crippen LogP contribution in [-0.4, -0.2) is 60.2 Å². The largest absolute Gasteiger partial charge is 0.497 e. The monoisotopic (exact) mass is 484 g/mol. The molecule has 1 N–H and O–H groups in total. The van der Waals surface area contributed by atoms with Gasteiger partial charge in [-0.1, -0.05) is 78.9 Å². The molecule has 0 spiro atoms. The van der Waals surface area contributed by atoms with E-state index >= 15 is 0 Å². The number of benzene rings is 3. The minimum absolute atomic E-state index is 0.0893. The van der Waals surface area contributed by atoms with Crippen LogP contribution in [0.4, 0.5) is 0 Å². The molecule has 36 heavy (non-hydrogen) atoms. The van der Waals surface area contributed by atoms with Gasteiger partial charge < -0.3 is 14.7 Å². The van der Waals surface area contributed by atoms with Gasteiger partial charge in [0.2, 0.25) is 5.91 Å². The zero-order valence-corrected chi connectivity index (χ0v) is 21.2. The first-order valence-corrected chi connectivity index (χ1v) is 12.7. The van der Waals surface area contributed by atoms with Crippen molar-refractivity contribution < 1.29 is 14.6 Å². The lowest BCUT2D eigenvalue weighted by Gasteiger charge is -2.34. The number of hydrogen-bond acceptors (Lipinski definition) is 4. The number of methoxy groups -OCH3 is 1. The summed E-state index contributed by atoms with van der Waals surface area (Å²) in [6, 6.07) is 28.5. The summed E-state index contributed by atoms with van der Waals surface area (Å²) < 4.78 is 5.33. The minimum atomic E-state index is -0.257. The van der Waals surface area contributed by atoms with Crippen LogP contribution in [0.15, 0.2) is 91.0 Å². The zero-order valence-electron chi connectivity index (χ0n) is 21.2. The highest BCUT2D eigenvalue weighted by atomic mass is 16.5. The maximum atomic E-state index is 13.7. The summed E-state index contributed by atoms with van der Waals surface area (Å²) in [5, 5.41) is 9.87. The normalized spacial score (nSPS) is 15.2. The summed E-state index contributed by atoms with van der Waals surface area (Å²) in [6.45, 7) is 4.41. The number of carbonyl (C=O) groups is 1. The topological polar surface area (TPSA) is 53.0 Å². The van der Waals surface area contributed by atoms with Crippen LogP contribution in [0, 0.1) is 0 Å². The Hall–Kier alpha value is -3.41. The highest BCUT2D eigenvalue weighted by Gasteiger charge is 2.25. The molecule has 188 valence electrons. The molecule has 0 unspecified atom stereocenters. The minimum Gasteiger partial charge on any atom is -0.497 e. The number of hydrogen-bond donors (Lipinski definition) is 1. The Morgan fingerprint density at radius 2 is 1.53 bits per heavy atom. The van der Waals surface area contributed by atoms with Crippen molar-refractivity contribution in [1.82, 2.24) is 9.80 Å². The molecule has 1 aliphatic heterocycles. The van der Waals surface area contributed by atoms with Crippen molar-refractivity contribution in [3.05, 3.63) is 108 Å². The summed E-state index contributed by atoms with van der Waals surface area (Å²) in [4.78, 5) is 17.8. The van der Waals surface area contributed by atoms with Crippen LogP contribution in [0.25, 0.3) is 5.57 Å². The molecular weight excluding hydrogens is 448 g/mol. The van der Waals surface area contributed by atoms with Crippen molar-refractivity contribution >= 4 is 11.5 Å². The highest BCUT2D eigenvalue weighted by molar-refractivity contribution is 5.82. The lowest BCUT2D eigenvalue weighted by molar-refractivity contribution is -0.134. The molecule has 5 heteroatoms. The van der Waals surface area contributed by atoms with E-state index in [9.17, 15) is 9.90 Å². The zero-order chi connectivity index (χ0) is 25.3. The fourth-order valence-corrected chi connectivity index (χ4v) is 4.73. The maximum Gasteiger partial charge on any atom is 0.237 e. The number of nitrogens with zero attached hydrogens (tertiary/aromatic N) is 2. The number of carbonyl (C=O) groups excluding carboxylic acids is 1. The van der Waals surface area contributed by atoms with Crippen LogP contribution >= 0.6 is 0 Å². The average Bonchev–Trinajstić information content (AvgIpc) is 2.93. The first-order chi connectivity index (χ1) is 17.5. The smallest absolute Gasteiger partial charge is 0.237 e. The molecule has 3 aromatic carbocycles. The Balaban J connectivity index is 1.63. The molecule has 0 aliphatic carbocycles. The van der Waals surface area contributed by atoms with Crippen LogP contribution in [0.1, 0.15) is 42.5 Å². The molecule has 4 rings (SSSR count). The summed E-state index contributed by atoms with van der Waals surface area (Å²) in [6.07, 6.45) is 3.34. The van der Waals surface area contributed by atoms with E-state index < -0.39 is 0 Å². The molecular formula is C31H36N2O3. The second-order valence-corrected chi connectivity index (χ2v) is 9.35. The second kappa shape index (κ2) is 12.5. The predicted molar refractivity (Wildman–Crippen MR) is 145 cm³/mol. The number of aliphatic hydroxyl groups excluding tert-OH is 1. The molecule has 1 amide bonds. The van der Waals surface area contributed by atoms with Gasteiger partial charge in [0.15, 0.2) is 0 Å². The van der Waals surface area contributed by atoms with Crippen molar-refractivity contribution in [2.24, 2.45) is 0 Å². The number of piperidine rings is 1. The third-order valence-corrected chi connectivity index (χ3v) is 6.96. The third-order valence-electron chi connectivity index (χ3n) is 6.96. The van der Waals surface area contributed by atoms with Crippen molar-refractivity contribution in [2.75, 3.05) is 33.3 Å². The molecule has 0 radical (unpaired) electrons. The van der Waals surface area contributed by atoms with Gasteiger partial charge in [-0.15, -0.1) is 0 Å². The van der Waals surface area contributed by atoms with E-state index in [2.05, 4.69) is 42.2 Å². The maximum absolute atomic E-state index is 13.7. The SMILES string of the molecule is COc1ccc([C@@H](C)N(CC=C(c2ccccc2)c2ccccc2)C(=O)CN2CCC(O)CC2)cc1. The fraction of sp³-hybridized carbons (Fsp3) is 0.323. The van der Waals surface area contributed by atoms with Gasteiger partial charge in [-0.05, 0) is 54.2 Å². The van der Waals surface area contributed by atoms with Crippen molar-refractivity contribution in [3.8, 4) is 5.75 Å². The molecule has 0 saturated carbocycles. The van der Waals surface area contributed by atoms with Gasteiger partial charge in [-0.25, -0.2) is 0 Å². The van der Waals surface area contributed by atoms with Crippen molar-refractivity contribution in [2.45, 2.75) is 31.9 Å². The highest BCUT2D eigenvalue weighted by Crippen LogP contribution is 2.27. The van der Waals surface area contributed by atoms with Crippen LogP contribution in [0.5, 0.6) is 5.75 Å². The third kappa shape index (κ3) is 6.62. The number of amides is 1. The molecule has 5 nitrogen and oxygen atoms in total. The molecule has 1 fully saturated rings. The van der Waals surface area contributed by atoms with Crippen LogP contribution in [-0.2, 0) is 4.79 Å². The van der Waals surface area contributed by atoms with E-state index in [4.69, 9.17) is 4.74 Å². The van der Waals surface area contributed by atoms with E-state index in [0.29, 0.717) is 25.9 Å². The Morgan fingerprint density at radius 3 is 2.06 bits per heavy atom. The lowest BCUT2D eigenvalue weighted by atomic mass is 9.97. The van der Waals surface area contributed by atoms with Crippen LogP contribution < -0.4 is 4.74 Å². The van der Waals surface area contributed by atoms with Crippen molar-refractivity contribution in [1.29, 1.82) is 0 Å². The van der Waals surface area contributed by atoms with Crippen LogP contribution in [0.3, 0.4) is 0 Å². The second-order valence-electron chi connectivity index (χ2n) is 9.35. The van der Waals surface area contributed by atoms with Gasteiger partial charge in [0, 0.05) is 19.6 Å². The van der Waals surface area contributed by atoms with E-state index in [1.165, 1.54) is 0 Å². The van der Waals surface area contributed by atoms with E-state index in [1.54, 1.807) is 7.11 Å². The van der Waals surface area contributed by atoms with Gasteiger partial charge in [0.25, 0.3) is 0 Å². The summed E-state index contributed by atoms with van der Waals surface area (Å²) in [7, 11) is 1.66. The van der Waals surface area contributed by atoms with Crippen LogP contribution in [0.2, 0.25) is 0 Å².